The maximum absolute atomic E-state index is 9.96. The van der Waals surface area contributed by atoms with Crippen LogP contribution in [0, 0.1) is 0 Å². The average Bonchev–Trinajstić information content (AvgIpc) is 2.24. The molecule has 0 aliphatic carbocycles. The van der Waals surface area contributed by atoms with Crippen LogP contribution < -0.4 is 10.1 Å². The normalized spacial score (nSPS) is 12.5. The molecule has 0 atom stereocenters. The minimum atomic E-state index is -0.764. The molecule has 1 aromatic carbocycles. The van der Waals surface area contributed by atoms with Gasteiger partial charge in [0.2, 0.25) is 0 Å². The lowest BCUT2D eigenvalue weighted by molar-refractivity contribution is -0.00550. The van der Waals surface area contributed by atoms with E-state index in [1.165, 1.54) is 0 Å². The summed E-state index contributed by atoms with van der Waals surface area (Å²) in [5, 5.41) is 13.3. The van der Waals surface area contributed by atoms with Crippen LogP contribution in [0.5, 0.6) is 5.75 Å². The van der Waals surface area contributed by atoms with Crippen molar-refractivity contribution in [2.45, 2.75) is 38.8 Å². The summed E-state index contributed by atoms with van der Waals surface area (Å²) in [6.45, 7) is 8.86. The van der Waals surface area contributed by atoms with E-state index in [0.29, 0.717) is 13.2 Å². The van der Waals surface area contributed by atoms with Crippen LogP contribution >= 0.6 is 0 Å². The smallest absolute Gasteiger partial charge is 0.119 e. The van der Waals surface area contributed by atoms with Crippen LogP contribution in [-0.4, -0.2) is 29.4 Å². The molecule has 96 valence electrons. The molecule has 0 heterocycles. The Morgan fingerprint density at radius 3 is 2.24 bits per heavy atom. The number of benzene rings is 1. The lowest BCUT2D eigenvalue weighted by Gasteiger charge is -2.38. The van der Waals surface area contributed by atoms with Gasteiger partial charge in [0, 0.05) is 12.1 Å². The summed E-state index contributed by atoms with van der Waals surface area (Å²) in [5.74, 6) is 0.871. The van der Waals surface area contributed by atoms with E-state index >= 15 is 0 Å². The summed E-state index contributed by atoms with van der Waals surface area (Å²) in [6.07, 6.45) is 0. The molecule has 0 radical (unpaired) electrons. The van der Waals surface area contributed by atoms with Crippen LogP contribution in [0.4, 0.5) is 0 Å². The summed E-state index contributed by atoms with van der Waals surface area (Å²) in [6, 6.07) is 9.72. The molecule has 0 saturated heterocycles. The van der Waals surface area contributed by atoms with Gasteiger partial charge in [-0.25, -0.2) is 0 Å². The van der Waals surface area contributed by atoms with Gasteiger partial charge in [0.1, 0.15) is 12.4 Å². The quantitative estimate of drug-likeness (QED) is 0.745. The van der Waals surface area contributed by atoms with Crippen LogP contribution in [0.15, 0.2) is 30.3 Å². The second-order valence-corrected chi connectivity index (χ2v) is 5.27. The second-order valence-electron chi connectivity index (χ2n) is 5.27. The number of aliphatic hydroxyl groups is 1. The van der Waals surface area contributed by atoms with E-state index in [2.05, 4.69) is 5.32 Å². The zero-order valence-electron chi connectivity index (χ0n) is 11.2. The maximum Gasteiger partial charge on any atom is 0.119 e. The fraction of sp³-hybridized carbons (Fsp3) is 0.571. The molecule has 1 aromatic rings. The third-order valence-corrected chi connectivity index (χ3v) is 3.21. The first kappa shape index (κ1) is 14.0. The SMILES string of the molecule is CC(C)(O)C(C)(C)NCCOc1ccccc1. The van der Waals surface area contributed by atoms with Gasteiger partial charge < -0.3 is 15.2 Å². The third kappa shape index (κ3) is 4.36. The summed E-state index contributed by atoms with van der Waals surface area (Å²) in [4.78, 5) is 0. The van der Waals surface area contributed by atoms with Crippen LogP contribution in [0.1, 0.15) is 27.7 Å². The van der Waals surface area contributed by atoms with Crippen molar-refractivity contribution in [2.24, 2.45) is 0 Å². The van der Waals surface area contributed by atoms with Gasteiger partial charge in [-0.1, -0.05) is 18.2 Å². The van der Waals surface area contributed by atoms with Crippen molar-refractivity contribution in [3.8, 4) is 5.75 Å². The summed E-state index contributed by atoms with van der Waals surface area (Å²) >= 11 is 0. The maximum atomic E-state index is 9.96. The van der Waals surface area contributed by atoms with Crippen molar-refractivity contribution in [2.75, 3.05) is 13.2 Å². The van der Waals surface area contributed by atoms with Gasteiger partial charge in [-0.05, 0) is 39.8 Å². The van der Waals surface area contributed by atoms with E-state index < -0.39 is 5.60 Å². The average molecular weight is 237 g/mol. The molecule has 0 amide bonds. The fourth-order valence-electron chi connectivity index (χ4n) is 1.27. The molecule has 0 fully saturated rings. The zero-order chi connectivity index (χ0) is 12.9. The molecule has 0 spiro atoms. The minimum absolute atomic E-state index is 0.340. The Labute approximate surface area is 104 Å². The first-order valence-corrected chi connectivity index (χ1v) is 5.98. The Morgan fingerprint density at radius 1 is 1.12 bits per heavy atom. The van der Waals surface area contributed by atoms with Crippen molar-refractivity contribution in [3.63, 3.8) is 0 Å². The third-order valence-electron chi connectivity index (χ3n) is 3.21. The highest BCUT2D eigenvalue weighted by atomic mass is 16.5. The molecular weight excluding hydrogens is 214 g/mol. The standard InChI is InChI=1S/C14H23NO2/c1-13(2,14(3,4)16)15-10-11-17-12-8-6-5-7-9-12/h5-9,15-16H,10-11H2,1-4H3. The van der Waals surface area contributed by atoms with E-state index in [9.17, 15) is 5.11 Å². The van der Waals surface area contributed by atoms with E-state index in [1.807, 2.05) is 44.2 Å². The Balaban J connectivity index is 2.30. The molecule has 0 aliphatic heterocycles. The summed E-state index contributed by atoms with van der Waals surface area (Å²) in [5.41, 5.74) is -1.10. The lowest BCUT2D eigenvalue weighted by atomic mass is 9.86. The van der Waals surface area contributed by atoms with Crippen LogP contribution in [0.3, 0.4) is 0 Å². The summed E-state index contributed by atoms with van der Waals surface area (Å²) < 4.78 is 5.57. The van der Waals surface area contributed by atoms with Gasteiger partial charge in [-0.15, -0.1) is 0 Å². The van der Waals surface area contributed by atoms with Crippen molar-refractivity contribution in [1.29, 1.82) is 0 Å². The molecular formula is C14H23NO2. The molecule has 3 heteroatoms. The van der Waals surface area contributed by atoms with E-state index in [4.69, 9.17) is 4.74 Å². The molecule has 0 saturated carbocycles. The van der Waals surface area contributed by atoms with Gasteiger partial charge in [0.05, 0.1) is 5.60 Å². The van der Waals surface area contributed by atoms with Crippen molar-refractivity contribution >= 4 is 0 Å². The largest absolute Gasteiger partial charge is 0.492 e. The highest BCUT2D eigenvalue weighted by Gasteiger charge is 2.34. The van der Waals surface area contributed by atoms with Gasteiger partial charge in [-0.2, -0.15) is 0 Å². The van der Waals surface area contributed by atoms with Gasteiger partial charge in [0.25, 0.3) is 0 Å². The Kier molecular flexibility index (Phi) is 4.54. The van der Waals surface area contributed by atoms with Gasteiger partial charge in [-0.3, -0.25) is 0 Å². The lowest BCUT2D eigenvalue weighted by Crippen LogP contribution is -2.56. The highest BCUT2D eigenvalue weighted by Crippen LogP contribution is 2.20. The minimum Gasteiger partial charge on any atom is -0.492 e. The fourth-order valence-corrected chi connectivity index (χ4v) is 1.27. The Bertz CT molecular complexity index is 328. The van der Waals surface area contributed by atoms with E-state index in [1.54, 1.807) is 13.8 Å². The van der Waals surface area contributed by atoms with Gasteiger partial charge >= 0.3 is 0 Å². The molecule has 1 rings (SSSR count). The number of hydrogen-bond donors (Lipinski definition) is 2. The molecule has 17 heavy (non-hydrogen) atoms. The monoisotopic (exact) mass is 237 g/mol. The molecule has 0 bridgehead atoms. The van der Waals surface area contributed by atoms with Crippen LogP contribution in [0.2, 0.25) is 0 Å². The Hall–Kier alpha value is -1.06. The molecule has 0 aromatic heterocycles. The number of rotatable bonds is 6. The highest BCUT2D eigenvalue weighted by molar-refractivity contribution is 5.20. The first-order valence-electron chi connectivity index (χ1n) is 5.98. The Morgan fingerprint density at radius 2 is 1.71 bits per heavy atom. The molecule has 3 nitrogen and oxygen atoms in total. The number of ether oxygens (including phenoxy) is 1. The van der Waals surface area contributed by atoms with Crippen molar-refractivity contribution < 1.29 is 9.84 Å². The zero-order valence-corrected chi connectivity index (χ0v) is 11.2. The topological polar surface area (TPSA) is 41.5 Å². The second kappa shape index (κ2) is 5.52. The predicted molar refractivity (Wildman–Crippen MR) is 70.3 cm³/mol. The number of hydrogen-bond acceptors (Lipinski definition) is 3. The van der Waals surface area contributed by atoms with E-state index in [0.717, 1.165) is 5.75 Å². The number of nitrogens with one attached hydrogen (secondary N) is 1. The molecule has 0 unspecified atom stereocenters. The first-order chi connectivity index (χ1) is 7.83. The van der Waals surface area contributed by atoms with E-state index in [-0.39, 0.29) is 5.54 Å². The molecule has 2 N–H and O–H groups in total. The number of para-hydroxylation sites is 1. The van der Waals surface area contributed by atoms with Gasteiger partial charge in [0.15, 0.2) is 0 Å². The predicted octanol–water partition coefficient (Wildman–Crippen LogP) is 2.20. The summed E-state index contributed by atoms with van der Waals surface area (Å²) in [7, 11) is 0. The van der Waals surface area contributed by atoms with Crippen molar-refractivity contribution in [1.82, 2.24) is 5.32 Å². The van der Waals surface area contributed by atoms with Crippen molar-refractivity contribution in [3.05, 3.63) is 30.3 Å². The van der Waals surface area contributed by atoms with Crippen LogP contribution in [0.25, 0.3) is 0 Å². The van der Waals surface area contributed by atoms with Crippen LogP contribution in [-0.2, 0) is 0 Å². The molecule has 0 aliphatic rings.